The van der Waals surface area contributed by atoms with Gasteiger partial charge >= 0.3 is 0 Å². The van der Waals surface area contributed by atoms with Crippen molar-refractivity contribution in [1.82, 2.24) is 15.5 Å². The number of rotatable bonds is 6. The van der Waals surface area contributed by atoms with Crippen LogP contribution in [0.2, 0.25) is 0 Å². The van der Waals surface area contributed by atoms with Crippen LogP contribution in [0.1, 0.15) is 40.5 Å². The number of nitrogens with one attached hydrogen (secondary N) is 2. The standard InChI is InChI=1S/C15H28N4O3.ClH/c1-5-17-14(21)11-7-6-8-19(11)15(22)12(9(2)3)18-13(20)10(4)16;/h9-12H,5-8,16H2,1-4H3,(H,17,21)(H,18,20);1H/t10-,11-,12-;/m0./s1. The Morgan fingerprint density at radius 2 is 1.87 bits per heavy atom. The maximum absolute atomic E-state index is 12.8. The van der Waals surface area contributed by atoms with Crippen LogP contribution in [0, 0.1) is 5.92 Å². The largest absolute Gasteiger partial charge is 0.355 e. The molecule has 0 aromatic heterocycles. The molecule has 0 unspecified atom stereocenters. The Morgan fingerprint density at radius 1 is 1.26 bits per heavy atom. The van der Waals surface area contributed by atoms with Crippen LogP contribution in [0.4, 0.5) is 0 Å². The van der Waals surface area contributed by atoms with E-state index >= 15 is 0 Å². The minimum absolute atomic E-state index is 0. The summed E-state index contributed by atoms with van der Waals surface area (Å²) in [6.07, 6.45) is 1.45. The quantitative estimate of drug-likeness (QED) is 0.629. The van der Waals surface area contributed by atoms with Crippen molar-refractivity contribution in [2.24, 2.45) is 11.7 Å². The van der Waals surface area contributed by atoms with Crippen molar-refractivity contribution in [3.8, 4) is 0 Å². The Hall–Kier alpha value is -1.34. The maximum Gasteiger partial charge on any atom is 0.246 e. The zero-order valence-corrected chi connectivity index (χ0v) is 15.1. The number of nitrogens with two attached hydrogens (primary N) is 1. The van der Waals surface area contributed by atoms with Crippen LogP contribution in [0.3, 0.4) is 0 Å². The average Bonchev–Trinajstić information content (AvgIpc) is 2.92. The van der Waals surface area contributed by atoms with Crippen LogP contribution in [0.15, 0.2) is 0 Å². The molecule has 3 atom stereocenters. The van der Waals surface area contributed by atoms with Crippen LogP contribution >= 0.6 is 12.4 Å². The molecule has 1 fully saturated rings. The summed E-state index contributed by atoms with van der Waals surface area (Å²) >= 11 is 0. The number of hydrogen-bond acceptors (Lipinski definition) is 4. The van der Waals surface area contributed by atoms with Gasteiger partial charge in [-0.3, -0.25) is 14.4 Å². The van der Waals surface area contributed by atoms with Crippen molar-refractivity contribution >= 4 is 30.1 Å². The molecule has 8 heteroatoms. The Balaban J connectivity index is 0.00000484. The van der Waals surface area contributed by atoms with Crippen molar-refractivity contribution in [2.45, 2.75) is 58.7 Å². The van der Waals surface area contributed by atoms with Crippen molar-refractivity contribution in [2.75, 3.05) is 13.1 Å². The van der Waals surface area contributed by atoms with Crippen LogP contribution in [0.5, 0.6) is 0 Å². The monoisotopic (exact) mass is 348 g/mol. The van der Waals surface area contributed by atoms with Crippen molar-refractivity contribution in [3.05, 3.63) is 0 Å². The number of carbonyl (C=O) groups is 3. The summed E-state index contributed by atoms with van der Waals surface area (Å²) < 4.78 is 0. The Kier molecular flexibility index (Phi) is 9.16. The molecule has 0 aliphatic carbocycles. The zero-order chi connectivity index (χ0) is 16.9. The molecule has 1 saturated heterocycles. The highest BCUT2D eigenvalue weighted by atomic mass is 35.5. The van der Waals surface area contributed by atoms with E-state index in [9.17, 15) is 14.4 Å². The van der Waals surface area contributed by atoms with E-state index in [1.165, 1.54) is 0 Å². The third-order valence-corrected chi connectivity index (χ3v) is 3.83. The van der Waals surface area contributed by atoms with E-state index in [1.54, 1.807) is 11.8 Å². The predicted molar refractivity (Wildman–Crippen MR) is 91.1 cm³/mol. The molecule has 1 heterocycles. The Labute approximate surface area is 144 Å². The molecule has 1 aliphatic rings. The van der Waals surface area contributed by atoms with Gasteiger partial charge in [-0.1, -0.05) is 13.8 Å². The van der Waals surface area contributed by atoms with Gasteiger partial charge in [0.2, 0.25) is 17.7 Å². The van der Waals surface area contributed by atoms with Crippen LogP contribution in [-0.4, -0.2) is 53.8 Å². The number of carbonyl (C=O) groups excluding carboxylic acids is 3. The highest BCUT2D eigenvalue weighted by Crippen LogP contribution is 2.20. The topological polar surface area (TPSA) is 105 Å². The third kappa shape index (κ3) is 5.66. The Morgan fingerprint density at radius 3 is 2.35 bits per heavy atom. The summed E-state index contributed by atoms with van der Waals surface area (Å²) in [4.78, 5) is 38.2. The minimum atomic E-state index is -0.674. The van der Waals surface area contributed by atoms with E-state index in [2.05, 4.69) is 10.6 Å². The van der Waals surface area contributed by atoms with Crippen LogP contribution in [-0.2, 0) is 14.4 Å². The van der Waals surface area contributed by atoms with E-state index in [-0.39, 0.29) is 36.0 Å². The molecule has 0 aromatic rings. The highest BCUT2D eigenvalue weighted by molar-refractivity contribution is 5.93. The van der Waals surface area contributed by atoms with Gasteiger partial charge in [0, 0.05) is 13.1 Å². The summed E-state index contributed by atoms with van der Waals surface area (Å²) in [5, 5.41) is 5.46. The molecule has 4 N–H and O–H groups in total. The van der Waals surface area contributed by atoms with E-state index in [0.29, 0.717) is 19.5 Å². The van der Waals surface area contributed by atoms with Gasteiger partial charge in [0.1, 0.15) is 12.1 Å². The van der Waals surface area contributed by atoms with Gasteiger partial charge in [-0.25, -0.2) is 0 Å². The zero-order valence-electron chi connectivity index (χ0n) is 14.3. The lowest BCUT2D eigenvalue weighted by Gasteiger charge is -2.30. The number of likely N-dealkylation sites (tertiary alicyclic amines) is 1. The van der Waals surface area contributed by atoms with Crippen molar-refractivity contribution in [1.29, 1.82) is 0 Å². The molecule has 7 nitrogen and oxygen atoms in total. The summed E-state index contributed by atoms with van der Waals surface area (Å²) in [5.74, 6) is -0.779. The van der Waals surface area contributed by atoms with Crippen molar-refractivity contribution in [3.63, 3.8) is 0 Å². The molecule has 134 valence electrons. The summed E-state index contributed by atoms with van der Waals surface area (Å²) in [5.41, 5.74) is 5.55. The molecule has 0 radical (unpaired) electrons. The maximum atomic E-state index is 12.8. The first-order valence-corrected chi connectivity index (χ1v) is 7.93. The summed E-state index contributed by atoms with van der Waals surface area (Å²) in [6, 6.07) is -1.78. The van der Waals surface area contributed by atoms with Gasteiger partial charge in [-0.05, 0) is 32.6 Å². The molecule has 23 heavy (non-hydrogen) atoms. The lowest BCUT2D eigenvalue weighted by Crippen LogP contribution is -2.57. The summed E-state index contributed by atoms with van der Waals surface area (Å²) in [7, 11) is 0. The second kappa shape index (κ2) is 9.72. The fourth-order valence-electron chi connectivity index (χ4n) is 2.57. The van der Waals surface area contributed by atoms with Gasteiger partial charge in [-0.15, -0.1) is 12.4 Å². The van der Waals surface area contributed by atoms with Crippen LogP contribution in [0.25, 0.3) is 0 Å². The molecule has 1 aliphatic heterocycles. The molecule has 0 saturated carbocycles. The smallest absolute Gasteiger partial charge is 0.246 e. The predicted octanol–water partition coefficient (Wildman–Crippen LogP) is 0.0233. The number of likely N-dealkylation sites (N-methyl/N-ethyl adjacent to an activating group) is 1. The fraction of sp³-hybridized carbons (Fsp3) is 0.800. The minimum Gasteiger partial charge on any atom is -0.355 e. The van der Waals surface area contributed by atoms with Gasteiger partial charge in [0.15, 0.2) is 0 Å². The Bertz CT molecular complexity index is 429. The van der Waals surface area contributed by atoms with Crippen LogP contribution < -0.4 is 16.4 Å². The van der Waals surface area contributed by atoms with Gasteiger partial charge in [-0.2, -0.15) is 0 Å². The van der Waals surface area contributed by atoms with Gasteiger partial charge in [0.25, 0.3) is 0 Å². The number of nitrogens with zero attached hydrogens (tertiary/aromatic N) is 1. The van der Waals surface area contributed by atoms with E-state index in [4.69, 9.17) is 5.73 Å². The second-order valence-electron chi connectivity index (χ2n) is 6.10. The molecule has 0 bridgehead atoms. The number of hydrogen-bond donors (Lipinski definition) is 3. The van der Waals surface area contributed by atoms with E-state index in [0.717, 1.165) is 6.42 Å². The summed E-state index contributed by atoms with van der Waals surface area (Å²) in [6.45, 7) is 8.22. The van der Waals surface area contributed by atoms with Gasteiger partial charge < -0.3 is 21.3 Å². The number of amides is 3. The average molecular weight is 349 g/mol. The molecule has 1 rings (SSSR count). The third-order valence-electron chi connectivity index (χ3n) is 3.83. The normalized spacial score (nSPS) is 19.7. The molecule has 0 spiro atoms. The van der Waals surface area contributed by atoms with E-state index in [1.807, 2.05) is 20.8 Å². The lowest BCUT2D eigenvalue weighted by atomic mass is 10.0. The van der Waals surface area contributed by atoms with Crippen molar-refractivity contribution < 1.29 is 14.4 Å². The van der Waals surface area contributed by atoms with Gasteiger partial charge in [0.05, 0.1) is 6.04 Å². The first-order valence-electron chi connectivity index (χ1n) is 7.93. The lowest BCUT2D eigenvalue weighted by molar-refractivity contribution is -0.142. The molecular weight excluding hydrogens is 320 g/mol. The SMILES string of the molecule is CCNC(=O)[C@@H]1CCCN1C(=O)[C@@H](NC(=O)[C@H](C)N)C(C)C.Cl. The molecule has 3 amide bonds. The molecule has 0 aromatic carbocycles. The second-order valence-corrected chi connectivity index (χ2v) is 6.10. The highest BCUT2D eigenvalue weighted by Gasteiger charge is 2.38. The molecular formula is C15H29ClN4O3. The number of halogens is 1. The van der Waals surface area contributed by atoms with E-state index < -0.39 is 18.1 Å². The first-order chi connectivity index (χ1) is 10.3. The first kappa shape index (κ1) is 21.7. The fourth-order valence-corrected chi connectivity index (χ4v) is 2.57.